The van der Waals surface area contributed by atoms with Crippen molar-refractivity contribution in [2.45, 2.75) is 11.4 Å². The van der Waals surface area contributed by atoms with Gasteiger partial charge in [-0.15, -0.1) is 0 Å². The van der Waals surface area contributed by atoms with Crippen LogP contribution in [0.5, 0.6) is 0 Å². The zero-order valence-electron chi connectivity index (χ0n) is 11.3. The summed E-state index contributed by atoms with van der Waals surface area (Å²) in [5, 5.41) is 0.0929. The highest BCUT2D eigenvalue weighted by Gasteiger charge is 2.24. The second kappa shape index (κ2) is 6.01. The second-order valence-corrected chi connectivity index (χ2v) is 7.00. The van der Waals surface area contributed by atoms with E-state index in [1.807, 2.05) is 0 Å². The van der Waals surface area contributed by atoms with Crippen molar-refractivity contribution in [2.24, 2.45) is 0 Å². The van der Waals surface area contributed by atoms with Crippen LogP contribution in [0, 0.1) is 5.82 Å². The lowest BCUT2D eigenvalue weighted by Gasteiger charge is -2.18. The van der Waals surface area contributed by atoms with E-state index in [1.54, 1.807) is 6.07 Å². The summed E-state index contributed by atoms with van der Waals surface area (Å²) in [6.07, 6.45) is 0. The first-order valence-corrected chi connectivity index (χ1v) is 7.88. The summed E-state index contributed by atoms with van der Waals surface area (Å²) >= 11 is 5.93. The van der Waals surface area contributed by atoms with Crippen LogP contribution in [0.3, 0.4) is 0 Å². The molecular weight excluding hydrogens is 315 g/mol. The van der Waals surface area contributed by atoms with Gasteiger partial charge >= 0.3 is 0 Å². The van der Waals surface area contributed by atoms with Crippen molar-refractivity contribution in [3.8, 4) is 0 Å². The first kappa shape index (κ1) is 15.8. The van der Waals surface area contributed by atoms with Crippen LogP contribution in [0.25, 0.3) is 0 Å². The summed E-state index contributed by atoms with van der Waals surface area (Å²) in [5.41, 5.74) is 6.45. The molecule has 2 aromatic rings. The van der Waals surface area contributed by atoms with Gasteiger partial charge in [-0.25, -0.2) is 12.8 Å². The van der Waals surface area contributed by atoms with E-state index in [9.17, 15) is 12.8 Å². The number of benzene rings is 2. The van der Waals surface area contributed by atoms with Crippen molar-refractivity contribution in [1.82, 2.24) is 4.31 Å². The van der Waals surface area contributed by atoms with Crippen LogP contribution < -0.4 is 5.73 Å². The summed E-state index contributed by atoms with van der Waals surface area (Å²) in [5.74, 6) is -0.416. The monoisotopic (exact) mass is 328 g/mol. The Morgan fingerprint density at radius 1 is 1.24 bits per heavy atom. The fourth-order valence-corrected chi connectivity index (χ4v) is 3.53. The zero-order valence-corrected chi connectivity index (χ0v) is 12.8. The van der Waals surface area contributed by atoms with Crippen LogP contribution in [0.2, 0.25) is 5.02 Å². The summed E-state index contributed by atoms with van der Waals surface area (Å²) in [6, 6.07) is 10.0. The molecule has 2 aromatic carbocycles. The van der Waals surface area contributed by atoms with Gasteiger partial charge in [-0.2, -0.15) is 4.31 Å². The van der Waals surface area contributed by atoms with Gasteiger partial charge in [-0.3, -0.25) is 0 Å². The van der Waals surface area contributed by atoms with Gasteiger partial charge in [0.25, 0.3) is 0 Å². The molecule has 21 heavy (non-hydrogen) atoms. The molecule has 0 fully saturated rings. The molecular formula is C14H14ClFN2O2S. The molecule has 0 aromatic heterocycles. The van der Waals surface area contributed by atoms with Gasteiger partial charge in [-0.1, -0.05) is 23.7 Å². The molecule has 0 aliphatic carbocycles. The molecule has 7 heteroatoms. The minimum absolute atomic E-state index is 0.0330. The standard InChI is InChI=1S/C14H14ClFN2O2S/c1-18(9-10-3-2-4-11(16)7-10)21(19,20)14-8-12(17)5-6-13(14)15/h2-8H,9,17H2,1H3. The molecule has 0 radical (unpaired) electrons. The van der Waals surface area contributed by atoms with E-state index in [4.69, 9.17) is 17.3 Å². The number of anilines is 1. The van der Waals surface area contributed by atoms with Crippen LogP contribution in [0.1, 0.15) is 5.56 Å². The maximum absolute atomic E-state index is 13.1. The van der Waals surface area contributed by atoms with E-state index in [1.165, 1.54) is 43.4 Å². The maximum atomic E-state index is 13.1. The van der Waals surface area contributed by atoms with Gasteiger partial charge in [0.2, 0.25) is 10.0 Å². The van der Waals surface area contributed by atoms with Crippen molar-refractivity contribution in [3.63, 3.8) is 0 Å². The number of nitrogens with two attached hydrogens (primary N) is 1. The van der Waals surface area contributed by atoms with Crippen molar-refractivity contribution in [1.29, 1.82) is 0 Å². The Labute approximate surface area is 128 Å². The van der Waals surface area contributed by atoms with Crippen molar-refractivity contribution < 1.29 is 12.8 Å². The van der Waals surface area contributed by atoms with E-state index in [2.05, 4.69) is 0 Å². The molecule has 0 aliphatic heterocycles. The Bertz CT molecular complexity index is 765. The molecule has 0 unspecified atom stereocenters. The Balaban J connectivity index is 2.33. The lowest BCUT2D eigenvalue weighted by Crippen LogP contribution is -2.26. The molecule has 0 saturated heterocycles. The van der Waals surface area contributed by atoms with E-state index in [-0.39, 0.29) is 16.5 Å². The third kappa shape index (κ3) is 3.53. The molecule has 0 heterocycles. The smallest absolute Gasteiger partial charge is 0.244 e. The normalized spacial score (nSPS) is 11.8. The number of nitrogen functional groups attached to an aromatic ring is 1. The van der Waals surface area contributed by atoms with Crippen molar-refractivity contribution in [3.05, 3.63) is 58.9 Å². The molecule has 0 amide bonds. The molecule has 112 valence electrons. The summed E-state index contributed by atoms with van der Waals surface area (Å²) in [4.78, 5) is -0.0666. The minimum atomic E-state index is -3.80. The highest BCUT2D eigenvalue weighted by molar-refractivity contribution is 7.89. The molecule has 0 bridgehead atoms. The molecule has 2 rings (SSSR count). The molecule has 0 aliphatic rings. The third-order valence-electron chi connectivity index (χ3n) is 2.94. The average Bonchev–Trinajstić information content (AvgIpc) is 2.41. The number of hydrogen-bond acceptors (Lipinski definition) is 3. The Morgan fingerprint density at radius 3 is 2.62 bits per heavy atom. The Hall–Kier alpha value is -1.63. The van der Waals surface area contributed by atoms with Crippen LogP contribution in [-0.4, -0.2) is 19.8 Å². The Kier molecular flexibility index (Phi) is 4.51. The Morgan fingerprint density at radius 2 is 1.95 bits per heavy atom. The van der Waals surface area contributed by atoms with E-state index in [0.717, 1.165) is 4.31 Å². The fraction of sp³-hybridized carbons (Fsp3) is 0.143. The number of sulfonamides is 1. The average molecular weight is 329 g/mol. The molecule has 0 spiro atoms. The number of nitrogens with zero attached hydrogens (tertiary/aromatic N) is 1. The highest BCUT2D eigenvalue weighted by Crippen LogP contribution is 2.26. The van der Waals surface area contributed by atoms with E-state index in [0.29, 0.717) is 11.3 Å². The first-order chi connectivity index (χ1) is 9.80. The molecule has 2 N–H and O–H groups in total. The fourth-order valence-electron chi connectivity index (χ4n) is 1.86. The molecule has 0 atom stereocenters. The summed E-state index contributed by atoms with van der Waals surface area (Å²) in [6.45, 7) is 0.0330. The molecule has 4 nitrogen and oxygen atoms in total. The summed E-state index contributed by atoms with van der Waals surface area (Å²) in [7, 11) is -2.40. The predicted molar refractivity (Wildman–Crippen MR) is 80.9 cm³/mol. The van der Waals surface area contributed by atoms with E-state index < -0.39 is 15.8 Å². The maximum Gasteiger partial charge on any atom is 0.244 e. The third-order valence-corrected chi connectivity index (χ3v) is 5.22. The topological polar surface area (TPSA) is 63.4 Å². The lowest BCUT2D eigenvalue weighted by atomic mass is 10.2. The van der Waals surface area contributed by atoms with Crippen LogP contribution in [0.4, 0.5) is 10.1 Å². The predicted octanol–water partition coefficient (Wildman–Crippen LogP) is 2.88. The van der Waals surface area contributed by atoms with Gasteiger partial charge in [0, 0.05) is 19.3 Å². The number of rotatable bonds is 4. The van der Waals surface area contributed by atoms with Gasteiger partial charge in [0.15, 0.2) is 0 Å². The van der Waals surface area contributed by atoms with Crippen LogP contribution in [0.15, 0.2) is 47.4 Å². The van der Waals surface area contributed by atoms with Gasteiger partial charge < -0.3 is 5.73 Å². The first-order valence-electron chi connectivity index (χ1n) is 6.06. The van der Waals surface area contributed by atoms with Gasteiger partial charge in [0.1, 0.15) is 10.7 Å². The van der Waals surface area contributed by atoms with Crippen molar-refractivity contribution in [2.75, 3.05) is 12.8 Å². The second-order valence-electron chi connectivity index (χ2n) is 4.58. The van der Waals surface area contributed by atoms with Gasteiger partial charge in [-0.05, 0) is 35.9 Å². The SMILES string of the molecule is CN(Cc1cccc(F)c1)S(=O)(=O)c1cc(N)ccc1Cl. The molecule has 0 saturated carbocycles. The van der Waals surface area contributed by atoms with Crippen LogP contribution >= 0.6 is 11.6 Å². The quantitative estimate of drug-likeness (QED) is 0.878. The number of halogens is 2. The summed E-state index contributed by atoms with van der Waals surface area (Å²) < 4.78 is 39.2. The lowest BCUT2D eigenvalue weighted by molar-refractivity contribution is 0.465. The van der Waals surface area contributed by atoms with Crippen molar-refractivity contribution >= 4 is 27.3 Å². The minimum Gasteiger partial charge on any atom is -0.399 e. The largest absolute Gasteiger partial charge is 0.399 e. The van der Waals surface area contributed by atoms with E-state index >= 15 is 0 Å². The zero-order chi connectivity index (χ0) is 15.6. The highest BCUT2D eigenvalue weighted by atomic mass is 35.5. The number of hydrogen-bond donors (Lipinski definition) is 1. The van der Waals surface area contributed by atoms with Gasteiger partial charge in [0.05, 0.1) is 5.02 Å². The van der Waals surface area contributed by atoms with Crippen LogP contribution in [-0.2, 0) is 16.6 Å².